The second kappa shape index (κ2) is 7.77. The molecular weight excluding hydrogens is 264 g/mol. The van der Waals surface area contributed by atoms with Crippen molar-refractivity contribution in [3.63, 3.8) is 0 Å². The molecule has 0 heterocycles. The highest BCUT2D eigenvalue weighted by Crippen LogP contribution is 2.37. The Balaban J connectivity index is 2.95. The number of aliphatic hydroxyl groups is 2. The Labute approximate surface area is 119 Å². The second-order valence-corrected chi connectivity index (χ2v) is 5.54. The minimum atomic E-state index is -0.782. The van der Waals surface area contributed by atoms with E-state index in [-0.39, 0.29) is 37.2 Å². The lowest BCUT2D eigenvalue weighted by molar-refractivity contribution is -0.140. The van der Waals surface area contributed by atoms with Gasteiger partial charge in [0.05, 0.1) is 23.6 Å². The van der Waals surface area contributed by atoms with Gasteiger partial charge in [-0.05, 0) is 12.8 Å². The summed E-state index contributed by atoms with van der Waals surface area (Å²) in [7, 11) is 0. The fourth-order valence-electron chi connectivity index (χ4n) is 2.76. The number of nitrogens with zero attached hydrogens (tertiary/aromatic N) is 1. The van der Waals surface area contributed by atoms with Crippen LogP contribution in [0.2, 0.25) is 0 Å². The number of aliphatic hydroxyl groups excluding tert-OH is 2. The highest BCUT2D eigenvalue weighted by molar-refractivity contribution is 7.80. The second-order valence-electron chi connectivity index (χ2n) is 5.10. The van der Waals surface area contributed by atoms with E-state index in [2.05, 4.69) is 0 Å². The molecule has 19 heavy (non-hydrogen) atoms. The molecule has 1 aliphatic carbocycles. The van der Waals surface area contributed by atoms with Gasteiger partial charge in [0.2, 0.25) is 5.91 Å². The summed E-state index contributed by atoms with van der Waals surface area (Å²) < 4.78 is 0. The summed E-state index contributed by atoms with van der Waals surface area (Å²) in [4.78, 5) is 14.5. The quantitative estimate of drug-likeness (QED) is 0.487. The number of carbonyl (C=O) groups is 1. The smallest absolute Gasteiger partial charge is 0.235 e. The van der Waals surface area contributed by atoms with Crippen LogP contribution in [0.15, 0.2) is 0 Å². The molecule has 0 atom stereocenters. The molecule has 0 aromatic heterocycles. The molecule has 0 saturated heterocycles. The molecule has 1 rings (SSSR count). The minimum absolute atomic E-state index is 0.126. The van der Waals surface area contributed by atoms with Gasteiger partial charge in [0.1, 0.15) is 0 Å². The van der Waals surface area contributed by atoms with E-state index in [1.807, 2.05) is 0 Å². The van der Waals surface area contributed by atoms with Gasteiger partial charge in [0, 0.05) is 13.1 Å². The zero-order valence-electron chi connectivity index (χ0n) is 11.3. The fourth-order valence-corrected chi connectivity index (χ4v) is 3.05. The largest absolute Gasteiger partial charge is 0.395 e. The van der Waals surface area contributed by atoms with Gasteiger partial charge in [-0.25, -0.2) is 0 Å². The first kappa shape index (κ1) is 16.3. The Hall–Kier alpha value is -0.720. The topological polar surface area (TPSA) is 86.8 Å². The average molecular weight is 288 g/mol. The lowest BCUT2D eigenvalue weighted by Crippen LogP contribution is -2.51. The summed E-state index contributed by atoms with van der Waals surface area (Å²) >= 11 is 5.16. The first-order valence-corrected chi connectivity index (χ1v) is 7.30. The number of carbonyl (C=O) groups excluding carboxylic acids is 1. The van der Waals surface area contributed by atoms with E-state index in [0.29, 0.717) is 12.8 Å². The molecule has 1 fully saturated rings. The van der Waals surface area contributed by atoms with Crippen molar-refractivity contribution < 1.29 is 15.0 Å². The van der Waals surface area contributed by atoms with Crippen molar-refractivity contribution in [1.29, 1.82) is 0 Å². The van der Waals surface area contributed by atoms with E-state index in [0.717, 1.165) is 25.7 Å². The normalized spacial score (nSPS) is 18.6. The third-order valence-corrected chi connectivity index (χ3v) is 4.26. The molecule has 0 radical (unpaired) electrons. The van der Waals surface area contributed by atoms with Crippen molar-refractivity contribution in [2.24, 2.45) is 11.1 Å². The number of hydrogen-bond acceptors (Lipinski definition) is 4. The summed E-state index contributed by atoms with van der Waals surface area (Å²) in [5.41, 5.74) is 5.08. The highest BCUT2D eigenvalue weighted by Gasteiger charge is 2.43. The SMILES string of the molecule is NC(=S)C1(C(=O)N(CCO)CCO)CCCCCC1. The summed E-state index contributed by atoms with van der Waals surface area (Å²) in [5, 5.41) is 18.1. The van der Waals surface area contributed by atoms with Crippen LogP contribution in [0.5, 0.6) is 0 Å². The first-order valence-electron chi connectivity index (χ1n) is 6.89. The Morgan fingerprint density at radius 3 is 1.95 bits per heavy atom. The lowest BCUT2D eigenvalue weighted by atomic mass is 9.78. The van der Waals surface area contributed by atoms with Crippen LogP contribution < -0.4 is 5.73 Å². The van der Waals surface area contributed by atoms with E-state index in [1.165, 1.54) is 4.90 Å². The molecule has 0 unspecified atom stereocenters. The number of hydrogen-bond donors (Lipinski definition) is 3. The summed E-state index contributed by atoms with van der Waals surface area (Å²) in [6.45, 7) is 0.172. The van der Waals surface area contributed by atoms with Crippen molar-refractivity contribution in [2.75, 3.05) is 26.3 Å². The van der Waals surface area contributed by atoms with Crippen LogP contribution in [0.4, 0.5) is 0 Å². The molecule has 0 aromatic rings. The first-order chi connectivity index (χ1) is 9.08. The van der Waals surface area contributed by atoms with Crippen molar-refractivity contribution in [1.82, 2.24) is 4.90 Å². The van der Waals surface area contributed by atoms with Gasteiger partial charge in [-0.1, -0.05) is 37.9 Å². The van der Waals surface area contributed by atoms with Gasteiger partial charge >= 0.3 is 0 Å². The third kappa shape index (κ3) is 3.87. The standard InChI is InChI=1S/C13H24N2O3S/c14-11(19)13(5-3-1-2-4-6-13)12(18)15(7-9-16)8-10-17/h16-17H,1-10H2,(H2,14,19). The van der Waals surface area contributed by atoms with Crippen LogP contribution in [0, 0.1) is 5.41 Å². The van der Waals surface area contributed by atoms with Gasteiger partial charge in [-0.3, -0.25) is 4.79 Å². The summed E-state index contributed by atoms with van der Waals surface area (Å²) in [6, 6.07) is 0. The number of nitrogens with two attached hydrogens (primary N) is 1. The maximum absolute atomic E-state index is 12.7. The predicted molar refractivity (Wildman–Crippen MR) is 77.7 cm³/mol. The Kier molecular flexibility index (Phi) is 6.68. The summed E-state index contributed by atoms with van der Waals surface area (Å²) in [6.07, 6.45) is 5.42. The monoisotopic (exact) mass is 288 g/mol. The van der Waals surface area contributed by atoms with Crippen LogP contribution >= 0.6 is 12.2 Å². The van der Waals surface area contributed by atoms with Gasteiger partial charge in [-0.2, -0.15) is 0 Å². The number of amides is 1. The van der Waals surface area contributed by atoms with Crippen molar-refractivity contribution in [2.45, 2.75) is 38.5 Å². The highest BCUT2D eigenvalue weighted by atomic mass is 32.1. The van der Waals surface area contributed by atoms with Crippen LogP contribution in [0.25, 0.3) is 0 Å². The Bertz CT molecular complexity index is 309. The maximum Gasteiger partial charge on any atom is 0.235 e. The number of thiocarbonyl (C=S) groups is 1. The molecular formula is C13H24N2O3S. The van der Waals surface area contributed by atoms with E-state index in [1.54, 1.807) is 0 Å². The predicted octanol–water partition coefficient (Wildman–Crippen LogP) is 0.426. The van der Waals surface area contributed by atoms with Crippen molar-refractivity contribution in [3.8, 4) is 0 Å². The minimum Gasteiger partial charge on any atom is -0.395 e. The van der Waals surface area contributed by atoms with Gasteiger partial charge in [-0.15, -0.1) is 0 Å². The number of rotatable bonds is 6. The van der Waals surface area contributed by atoms with Crippen molar-refractivity contribution >= 4 is 23.1 Å². The van der Waals surface area contributed by atoms with Crippen LogP contribution in [-0.2, 0) is 4.79 Å². The Morgan fingerprint density at radius 1 is 1.11 bits per heavy atom. The molecule has 0 spiro atoms. The lowest BCUT2D eigenvalue weighted by Gasteiger charge is -2.35. The van der Waals surface area contributed by atoms with Crippen molar-refractivity contribution in [3.05, 3.63) is 0 Å². The van der Waals surface area contributed by atoms with Gasteiger partial charge in [0.15, 0.2) is 0 Å². The molecule has 4 N–H and O–H groups in total. The van der Waals surface area contributed by atoms with Crippen LogP contribution in [-0.4, -0.2) is 52.3 Å². The fraction of sp³-hybridized carbons (Fsp3) is 0.846. The summed E-state index contributed by atoms with van der Waals surface area (Å²) in [5.74, 6) is -0.134. The maximum atomic E-state index is 12.7. The Morgan fingerprint density at radius 2 is 1.58 bits per heavy atom. The zero-order valence-corrected chi connectivity index (χ0v) is 12.1. The molecule has 110 valence electrons. The van der Waals surface area contributed by atoms with Gasteiger partial charge < -0.3 is 20.8 Å². The van der Waals surface area contributed by atoms with Gasteiger partial charge in [0.25, 0.3) is 0 Å². The molecule has 0 bridgehead atoms. The van der Waals surface area contributed by atoms with Crippen LogP contribution in [0.3, 0.4) is 0 Å². The molecule has 6 heteroatoms. The molecule has 5 nitrogen and oxygen atoms in total. The average Bonchev–Trinajstić information content (AvgIpc) is 2.64. The molecule has 0 aromatic carbocycles. The zero-order chi connectivity index (χ0) is 14.3. The van der Waals surface area contributed by atoms with E-state index in [9.17, 15) is 4.79 Å². The van der Waals surface area contributed by atoms with Crippen LogP contribution in [0.1, 0.15) is 38.5 Å². The molecule has 1 saturated carbocycles. The van der Waals surface area contributed by atoms with E-state index in [4.69, 9.17) is 28.2 Å². The van der Waals surface area contributed by atoms with E-state index >= 15 is 0 Å². The van der Waals surface area contributed by atoms with E-state index < -0.39 is 5.41 Å². The molecule has 1 amide bonds. The third-order valence-electron chi connectivity index (χ3n) is 3.87. The molecule has 0 aliphatic heterocycles. The molecule has 1 aliphatic rings.